The monoisotopic (exact) mass is 198 g/mol. The Morgan fingerprint density at radius 1 is 1.43 bits per heavy atom. The van der Waals surface area contributed by atoms with Gasteiger partial charge < -0.3 is 9.69 Å². The molecule has 14 heavy (non-hydrogen) atoms. The lowest BCUT2D eigenvalue weighted by molar-refractivity contribution is -0.108. The van der Waals surface area contributed by atoms with E-state index in [1.165, 1.54) is 6.42 Å². The third-order valence-corrected chi connectivity index (χ3v) is 3.14. The number of carbonyl (C=O) groups is 1. The Hall–Kier alpha value is -0.410. The molecule has 0 aromatic heterocycles. The largest absolute Gasteiger partial charge is 0.303 e. The van der Waals surface area contributed by atoms with Crippen LogP contribution in [0.25, 0.3) is 0 Å². The van der Waals surface area contributed by atoms with Crippen LogP contribution in [-0.2, 0) is 4.79 Å². The Labute approximate surface area is 87.1 Å². The van der Waals surface area contributed by atoms with Gasteiger partial charge >= 0.3 is 0 Å². The van der Waals surface area contributed by atoms with E-state index in [4.69, 9.17) is 0 Å². The maximum absolute atomic E-state index is 10.3. The van der Waals surface area contributed by atoms with Crippen LogP contribution >= 0.6 is 0 Å². The van der Waals surface area contributed by atoms with E-state index in [9.17, 15) is 4.79 Å². The van der Waals surface area contributed by atoms with Gasteiger partial charge in [-0.1, -0.05) is 13.8 Å². The maximum atomic E-state index is 10.3. The minimum absolute atomic E-state index is 0.685. The second kappa shape index (κ2) is 6.14. The van der Waals surface area contributed by atoms with Crippen molar-refractivity contribution in [2.24, 2.45) is 0 Å². The normalized spacial score (nSPS) is 23.2. The molecule has 1 heterocycles. The van der Waals surface area contributed by atoms with E-state index in [2.05, 4.69) is 23.6 Å². The van der Waals surface area contributed by atoms with E-state index in [0.29, 0.717) is 6.42 Å². The summed E-state index contributed by atoms with van der Waals surface area (Å²) in [6, 6.07) is 0.719. The van der Waals surface area contributed by atoms with Crippen LogP contribution in [0.15, 0.2) is 0 Å². The standard InChI is InChI=1S/C11H22N2O/c1-3-13(4-2)11-6-8-12(10-11)7-5-9-14/h9,11H,3-8,10H2,1-2H3. The first-order chi connectivity index (χ1) is 6.81. The summed E-state index contributed by atoms with van der Waals surface area (Å²) in [4.78, 5) is 15.2. The van der Waals surface area contributed by atoms with Gasteiger partial charge in [-0.3, -0.25) is 4.90 Å². The quantitative estimate of drug-likeness (QED) is 0.595. The summed E-state index contributed by atoms with van der Waals surface area (Å²) in [5, 5.41) is 0. The van der Waals surface area contributed by atoms with Gasteiger partial charge in [-0.2, -0.15) is 0 Å². The molecule has 1 saturated heterocycles. The average molecular weight is 198 g/mol. The molecule has 3 nitrogen and oxygen atoms in total. The van der Waals surface area contributed by atoms with Crippen molar-refractivity contribution >= 4 is 6.29 Å². The fourth-order valence-electron chi connectivity index (χ4n) is 2.29. The summed E-state index contributed by atoms with van der Waals surface area (Å²) in [5.74, 6) is 0. The van der Waals surface area contributed by atoms with Crippen molar-refractivity contribution in [1.82, 2.24) is 9.80 Å². The molecule has 0 N–H and O–H groups in total. The van der Waals surface area contributed by atoms with E-state index < -0.39 is 0 Å². The minimum Gasteiger partial charge on any atom is -0.303 e. The molecule has 1 aliphatic rings. The smallest absolute Gasteiger partial charge is 0.121 e. The van der Waals surface area contributed by atoms with Crippen molar-refractivity contribution in [2.75, 3.05) is 32.7 Å². The molecule has 0 aromatic rings. The van der Waals surface area contributed by atoms with Gasteiger partial charge in [0, 0.05) is 25.6 Å². The number of hydrogen-bond donors (Lipinski definition) is 0. The van der Waals surface area contributed by atoms with Crippen LogP contribution < -0.4 is 0 Å². The highest BCUT2D eigenvalue weighted by Crippen LogP contribution is 2.14. The van der Waals surface area contributed by atoms with Crippen LogP contribution in [0.4, 0.5) is 0 Å². The number of aldehydes is 1. The Kier molecular flexibility index (Phi) is 5.12. The fraction of sp³-hybridized carbons (Fsp3) is 0.909. The van der Waals surface area contributed by atoms with Gasteiger partial charge in [0.2, 0.25) is 0 Å². The van der Waals surface area contributed by atoms with Crippen molar-refractivity contribution in [3.63, 3.8) is 0 Å². The summed E-state index contributed by atoms with van der Waals surface area (Å²) in [6.07, 6.45) is 2.97. The lowest BCUT2D eigenvalue weighted by atomic mass is 10.2. The van der Waals surface area contributed by atoms with Gasteiger partial charge in [-0.05, 0) is 26.1 Å². The van der Waals surface area contributed by atoms with Crippen molar-refractivity contribution in [3.05, 3.63) is 0 Å². The lowest BCUT2D eigenvalue weighted by Crippen LogP contribution is -2.37. The van der Waals surface area contributed by atoms with E-state index in [0.717, 1.165) is 45.1 Å². The molecule has 1 atom stereocenters. The first-order valence-corrected chi connectivity index (χ1v) is 5.71. The van der Waals surface area contributed by atoms with Crippen molar-refractivity contribution in [3.8, 4) is 0 Å². The second-order valence-electron chi connectivity index (χ2n) is 3.92. The number of hydrogen-bond acceptors (Lipinski definition) is 3. The highest BCUT2D eigenvalue weighted by molar-refractivity contribution is 5.49. The second-order valence-corrected chi connectivity index (χ2v) is 3.92. The fourth-order valence-corrected chi connectivity index (χ4v) is 2.29. The topological polar surface area (TPSA) is 23.6 Å². The Balaban J connectivity index is 2.28. The molecule has 0 amide bonds. The third-order valence-electron chi connectivity index (χ3n) is 3.14. The van der Waals surface area contributed by atoms with Crippen LogP contribution in [-0.4, -0.2) is 54.9 Å². The SMILES string of the molecule is CCN(CC)C1CCN(CCC=O)C1. The highest BCUT2D eigenvalue weighted by Gasteiger charge is 2.25. The zero-order valence-corrected chi connectivity index (χ0v) is 9.41. The molecule has 0 aromatic carbocycles. The van der Waals surface area contributed by atoms with E-state index in [-0.39, 0.29) is 0 Å². The van der Waals surface area contributed by atoms with Gasteiger partial charge in [-0.15, -0.1) is 0 Å². The van der Waals surface area contributed by atoms with Gasteiger partial charge in [0.05, 0.1) is 0 Å². The van der Waals surface area contributed by atoms with E-state index >= 15 is 0 Å². The molecular formula is C11H22N2O. The van der Waals surface area contributed by atoms with Crippen molar-refractivity contribution < 1.29 is 4.79 Å². The lowest BCUT2D eigenvalue weighted by Gasteiger charge is -2.26. The van der Waals surface area contributed by atoms with Crippen molar-refractivity contribution in [2.45, 2.75) is 32.7 Å². The number of nitrogens with zero attached hydrogens (tertiary/aromatic N) is 2. The van der Waals surface area contributed by atoms with Gasteiger partial charge in [0.15, 0.2) is 0 Å². The zero-order chi connectivity index (χ0) is 10.4. The van der Waals surface area contributed by atoms with E-state index in [1.807, 2.05) is 0 Å². The summed E-state index contributed by atoms with van der Waals surface area (Å²) < 4.78 is 0. The van der Waals surface area contributed by atoms with Crippen LogP contribution in [0.1, 0.15) is 26.7 Å². The number of likely N-dealkylation sites (tertiary alicyclic amines) is 1. The molecule has 0 radical (unpaired) electrons. The summed E-state index contributed by atoms with van der Waals surface area (Å²) in [7, 11) is 0. The maximum Gasteiger partial charge on any atom is 0.121 e. The molecule has 0 saturated carbocycles. The first-order valence-electron chi connectivity index (χ1n) is 5.71. The molecule has 82 valence electrons. The third kappa shape index (κ3) is 3.07. The number of rotatable bonds is 6. The van der Waals surface area contributed by atoms with Crippen molar-refractivity contribution in [1.29, 1.82) is 0 Å². The summed E-state index contributed by atoms with van der Waals surface area (Å²) in [6.45, 7) is 9.98. The Bertz CT molecular complexity index is 169. The van der Waals surface area contributed by atoms with Crippen LogP contribution in [0.3, 0.4) is 0 Å². The Morgan fingerprint density at radius 2 is 2.14 bits per heavy atom. The molecule has 1 unspecified atom stereocenters. The summed E-state index contributed by atoms with van der Waals surface area (Å²) >= 11 is 0. The Morgan fingerprint density at radius 3 is 2.71 bits per heavy atom. The average Bonchev–Trinajstić information content (AvgIpc) is 2.65. The van der Waals surface area contributed by atoms with Gasteiger partial charge in [-0.25, -0.2) is 0 Å². The minimum atomic E-state index is 0.685. The van der Waals surface area contributed by atoms with E-state index in [1.54, 1.807) is 0 Å². The number of likely N-dealkylation sites (N-methyl/N-ethyl adjacent to an activating group) is 1. The number of carbonyl (C=O) groups excluding carboxylic acids is 1. The molecule has 0 spiro atoms. The first kappa shape index (κ1) is 11.7. The van der Waals surface area contributed by atoms with Gasteiger partial charge in [0.25, 0.3) is 0 Å². The van der Waals surface area contributed by atoms with Gasteiger partial charge in [0.1, 0.15) is 6.29 Å². The highest BCUT2D eigenvalue weighted by atomic mass is 16.1. The zero-order valence-electron chi connectivity index (χ0n) is 9.41. The molecule has 0 bridgehead atoms. The summed E-state index contributed by atoms with van der Waals surface area (Å²) in [5.41, 5.74) is 0. The predicted molar refractivity (Wildman–Crippen MR) is 58.4 cm³/mol. The molecule has 1 fully saturated rings. The predicted octanol–water partition coefficient (Wildman–Crippen LogP) is 0.991. The van der Waals surface area contributed by atoms with Crippen LogP contribution in [0, 0.1) is 0 Å². The van der Waals surface area contributed by atoms with Crippen LogP contribution in [0.2, 0.25) is 0 Å². The van der Waals surface area contributed by atoms with Crippen LogP contribution in [0.5, 0.6) is 0 Å². The molecular weight excluding hydrogens is 176 g/mol. The molecule has 1 rings (SSSR count). The molecule has 3 heteroatoms. The molecule has 1 aliphatic heterocycles. The molecule has 0 aliphatic carbocycles.